The van der Waals surface area contributed by atoms with Crippen molar-refractivity contribution in [2.24, 2.45) is 0 Å². The Hall–Kier alpha value is -2.24. The van der Waals surface area contributed by atoms with Crippen molar-refractivity contribution in [3.63, 3.8) is 0 Å². The number of benzene rings is 2. The summed E-state index contributed by atoms with van der Waals surface area (Å²) in [6.07, 6.45) is 0.0701. The molecule has 1 N–H and O–H groups in total. The van der Waals surface area contributed by atoms with Crippen LogP contribution in [0.1, 0.15) is 55.0 Å². The number of carboxylic acids is 1. The Labute approximate surface area is 161 Å². The van der Waals surface area contributed by atoms with Gasteiger partial charge in [0.2, 0.25) is 0 Å². The van der Waals surface area contributed by atoms with Crippen molar-refractivity contribution in [2.75, 3.05) is 0 Å². The molecule has 2 aromatic carbocycles. The van der Waals surface area contributed by atoms with Gasteiger partial charge in [0, 0.05) is 0 Å². The van der Waals surface area contributed by atoms with Crippen LogP contribution in [0.3, 0.4) is 0 Å². The summed E-state index contributed by atoms with van der Waals surface area (Å²) in [4.78, 5) is 11.9. The van der Waals surface area contributed by atoms with Crippen LogP contribution in [0, 0.1) is 11.3 Å². The number of rotatable bonds is 7. The second kappa shape index (κ2) is 8.92. The Morgan fingerprint density at radius 3 is 2.27 bits per heavy atom. The van der Waals surface area contributed by atoms with Crippen LogP contribution >= 0.6 is 0 Å². The zero-order valence-electron chi connectivity index (χ0n) is 15.5. The van der Waals surface area contributed by atoms with Crippen molar-refractivity contribution < 1.29 is 14.6 Å². The van der Waals surface area contributed by atoms with Gasteiger partial charge in [-0.3, -0.25) is 0 Å². The topological polar surface area (TPSA) is 70.3 Å². The molecule has 2 atom stereocenters. The van der Waals surface area contributed by atoms with Gasteiger partial charge < -0.3 is 0 Å². The number of ether oxygens (including phenoxy) is 1. The zero-order valence-corrected chi connectivity index (χ0v) is 17.6. The zero-order chi connectivity index (χ0) is 19.3. The molecule has 4 nitrogen and oxygen atoms in total. The molecule has 0 amide bonds. The minimum absolute atomic E-state index is 0.0701. The molecular weight excluding hydrogens is 389 g/mol. The fraction of sp³-hybridized carbons (Fsp3) is 0.333. The van der Waals surface area contributed by atoms with Gasteiger partial charge in [-0.2, -0.15) is 0 Å². The van der Waals surface area contributed by atoms with E-state index >= 15 is 0 Å². The second-order valence-corrected chi connectivity index (χ2v) is 9.75. The monoisotopic (exact) mass is 413 g/mol. The molecule has 2 aromatic rings. The fourth-order valence-electron chi connectivity index (χ4n) is 2.65. The maximum absolute atomic E-state index is 11.9. The van der Waals surface area contributed by atoms with Gasteiger partial charge >= 0.3 is 161 Å². The Kier molecular flexibility index (Phi) is 6.89. The number of nitriles is 1. The summed E-state index contributed by atoms with van der Waals surface area (Å²) in [6, 6.07) is 15.1. The summed E-state index contributed by atoms with van der Waals surface area (Å²) in [6.45, 7) is 8.13. The van der Waals surface area contributed by atoms with E-state index in [4.69, 9.17) is 10.00 Å². The maximum atomic E-state index is 11.9. The van der Waals surface area contributed by atoms with Gasteiger partial charge in [-0.25, -0.2) is 0 Å². The summed E-state index contributed by atoms with van der Waals surface area (Å²) in [5, 5.41) is 18.7. The molecule has 0 aliphatic rings. The van der Waals surface area contributed by atoms with Crippen LogP contribution in [-0.4, -0.2) is 32.9 Å². The molecule has 5 heteroatoms. The molecule has 0 heterocycles. The minimum atomic E-state index is -0.944. The number of hydrogen-bond donors (Lipinski definition) is 1. The van der Waals surface area contributed by atoms with Crippen molar-refractivity contribution in [1.82, 2.24) is 0 Å². The first-order valence-electron chi connectivity index (χ1n) is 8.61. The van der Waals surface area contributed by atoms with Crippen molar-refractivity contribution >= 4 is 26.1 Å². The summed E-state index contributed by atoms with van der Waals surface area (Å²) in [7, 11) is 0. The number of hydrogen-bond acceptors (Lipinski definition) is 3. The average Bonchev–Trinajstić information content (AvgIpc) is 2.59. The first-order chi connectivity index (χ1) is 12.3. The Morgan fingerprint density at radius 1 is 1.12 bits per heavy atom. The van der Waals surface area contributed by atoms with E-state index in [-0.39, 0.29) is 12.0 Å². The Morgan fingerprint density at radius 2 is 1.77 bits per heavy atom. The van der Waals surface area contributed by atoms with Gasteiger partial charge in [-0.15, -0.1) is 0 Å². The molecule has 26 heavy (non-hydrogen) atoms. The first-order valence-corrected chi connectivity index (χ1v) is 10.9. The van der Waals surface area contributed by atoms with E-state index in [1.54, 1.807) is 12.1 Å². The van der Waals surface area contributed by atoms with Crippen LogP contribution < -0.4 is 9.09 Å². The standard InChI is InChI=1S/C21H24AsNO3/c1-13(2)18-11-16(7-10-19(18)26-14(3)4)20(21(24)25)22-17-8-5-15(12-23)6-9-17/h5-11,13-14,20,22H,1-4H3,(H,24,25). The molecule has 0 saturated carbocycles. The van der Waals surface area contributed by atoms with Crippen LogP contribution in [0.5, 0.6) is 5.75 Å². The molecular formula is C21H24AsNO3. The van der Waals surface area contributed by atoms with E-state index < -0.39 is 26.4 Å². The van der Waals surface area contributed by atoms with E-state index in [0.717, 1.165) is 21.2 Å². The van der Waals surface area contributed by atoms with Crippen molar-refractivity contribution in [3.8, 4) is 11.8 Å². The third kappa shape index (κ3) is 5.13. The van der Waals surface area contributed by atoms with Gasteiger partial charge in [0.15, 0.2) is 0 Å². The third-order valence-corrected chi connectivity index (χ3v) is 7.15. The van der Waals surface area contributed by atoms with E-state index in [0.29, 0.717) is 5.56 Å². The molecule has 2 rings (SSSR count). The predicted octanol–water partition coefficient (Wildman–Crippen LogP) is 3.36. The van der Waals surface area contributed by atoms with Gasteiger partial charge in [-0.1, -0.05) is 0 Å². The van der Waals surface area contributed by atoms with Gasteiger partial charge in [0.25, 0.3) is 0 Å². The van der Waals surface area contributed by atoms with Gasteiger partial charge in [0.1, 0.15) is 0 Å². The summed E-state index contributed by atoms with van der Waals surface area (Å²) in [5.74, 6) is 0.260. The molecule has 0 saturated heterocycles. The first kappa shape index (κ1) is 20.1. The van der Waals surface area contributed by atoms with E-state index in [1.165, 1.54) is 0 Å². The SMILES string of the molecule is CC(C)Oc1ccc(C([AsH]c2ccc(C#N)cc2)C(=O)O)cc1C(C)C. The number of nitrogens with zero attached hydrogens (tertiary/aromatic N) is 1. The van der Waals surface area contributed by atoms with Crippen molar-refractivity contribution in [3.05, 3.63) is 59.2 Å². The molecule has 2 unspecified atom stereocenters. The third-order valence-electron chi connectivity index (χ3n) is 3.92. The summed E-state index contributed by atoms with van der Waals surface area (Å²) < 4.78 is 6.38. The van der Waals surface area contributed by atoms with Crippen molar-refractivity contribution in [1.29, 1.82) is 5.26 Å². The number of aliphatic carboxylic acids is 1. The van der Waals surface area contributed by atoms with Crippen LogP contribution in [0.4, 0.5) is 0 Å². The molecule has 0 bridgehead atoms. The number of carboxylic acid groups (broad SMARTS) is 1. The second-order valence-electron chi connectivity index (χ2n) is 6.72. The summed E-state index contributed by atoms with van der Waals surface area (Å²) in [5.41, 5.74) is 2.44. The van der Waals surface area contributed by atoms with Crippen LogP contribution in [0.25, 0.3) is 0 Å². The Bertz CT molecular complexity index is 807. The molecule has 136 valence electrons. The van der Waals surface area contributed by atoms with E-state index in [9.17, 15) is 9.90 Å². The molecule has 0 aromatic heterocycles. The fourth-order valence-corrected chi connectivity index (χ4v) is 5.09. The van der Waals surface area contributed by atoms with Crippen LogP contribution in [-0.2, 0) is 4.79 Å². The molecule has 0 aliphatic carbocycles. The molecule has 0 spiro atoms. The van der Waals surface area contributed by atoms with E-state index in [2.05, 4.69) is 19.9 Å². The van der Waals surface area contributed by atoms with Crippen LogP contribution in [0.15, 0.2) is 42.5 Å². The quantitative estimate of drug-likeness (QED) is 0.707. The number of carbonyl (C=O) groups is 1. The van der Waals surface area contributed by atoms with Crippen LogP contribution in [0.2, 0.25) is 0 Å². The summed E-state index contributed by atoms with van der Waals surface area (Å²) >= 11 is -0.944. The molecule has 0 aliphatic heterocycles. The Balaban J connectivity index is 2.35. The van der Waals surface area contributed by atoms with E-state index in [1.807, 2.05) is 44.2 Å². The molecule has 0 radical (unpaired) electrons. The van der Waals surface area contributed by atoms with Gasteiger partial charge in [-0.05, 0) is 0 Å². The van der Waals surface area contributed by atoms with Gasteiger partial charge in [0.05, 0.1) is 0 Å². The normalized spacial score (nSPS) is 12.5. The van der Waals surface area contributed by atoms with Crippen molar-refractivity contribution in [2.45, 2.75) is 44.4 Å². The average molecular weight is 413 g/mol. The molecule has 0 fully saturated rings. The predicted molar refractivity (Wildman–Crippen MR) is 105 cm³/mol.